The maximum Gasteiger partial charge on any atom is 0.175 e. The van der Waals surface area contributed by atoms with Crippen molar-refractivity contribution in [3.63, 3.8) is 0 Å². The number of ether oxygens (including phenoxy) is 2. The van der Waals surface area contributed by atoms with Crippen molar-refractivity contribution < 1.29 is 14.6 Å². The Kier molecular flexibility index (Phi) is 5.87. The van der Waals surface area contributed by atoms with E-state index in [4.69, 9.17) is 14.7 Å². The van der Waals surface area contributed by atoms with Gasteiger partial charge in [-0.15, -0.1) is 0 Å². The van der Waals surface area contributed by atoms with Crippen LogP contribution in [0.4, 0.5) is 0 Å². The molecule has 1 rings (SSSR count). The van der Waals surface area contributed by atoms with Gasteiger partial charge in [0.05, 0.1) is 29.3 Å². The van der Waals surface area contributed by atoms with Crippen LogP contribution in [0.2, 0.25) is 0 Å². The van der Waals surface area contributed by atoms with Crippen LogP contribution in [0.25, 0.3) is 0 Å². The maximum absolute atomic E-state index is 9.99. The summed E-state index contributed by atoms with van der Waals surface area (Å²) in [6.07, 6.45) is -1.05. The summed E-state index contributed by atoms with van der Waals surface area (Å²) >= 11 is 3.38. The quantitative estimate of drug-likeness (QED) is 0.814. The molecule has 1 aromatic rings. The minimum Gasteiger partial charge on any atom is -0.490 e. The lowest BCUT2D eigenvalue weighted by molar-refractivity contribution is 0.219. The van der Waals surface area contributed by atoms with Gasteiger partial charge in [0, 0.05) is 0 Å². The zero-order valence-electron chi connectivity index (χ0n) is 10.9. The van der Waals surface area contributed by atoms with Gasteiger partial charge in [-0.2, -0.15) is 5.26 Å². The predicted octanol–water partition coefficient (Wildman–Crippen LogP) is 3.36. The highest BCUT2D eigenvalue weighted by atomic mass is 79.9. The number of aliphatic hydroxyl groups excluding tert-OH is 1. The highest BCUT2D eigenvalue weighted by Gasteiger charge is 2.18. The number of nitrogens with zero attached hydrogens (tertiary/aromatic N) is 1. The van der Waals surface area contributed by atoms with Crippen LogP contribution >= 0.6 is 15.9 Å². The van der Waals surface area contributed by atoms with Crippen molar-refractivity contribution in [2.24, 2.45) is 0 Å². The first-order chi connectivity index (χ1) is 9.04. The van der Waals surface area contributed by atoms with Gasteiger partial charge in [0.1, 0.15) is 6.10 Å². The normalized spacial score (nSPS) is 11.5. The number of hydrogen-bond donors (Lipinski definition) is 1. The van der Waals surface area contributed by atoms with E-state index < -0.39 is 6.10 Å². The van der Waals surface area contributed by atoms with Crippen LogP contribution in [-0.4, -0.2) is 18.3 Å². The van der Waals surface area contributed by atoms with E-state index in [0.29, 0.717) is 34.7 Å². The van der Waals surface area contributed by atoms with Gasteiger partial charge in [0.2, 0.25) is 0 Å². The fourth-order valence-electron chi connectivity index (χ4n) is 1.56. The molecule has 0 aliphatic rings. The molecular weight excluding hydrogens is 310 g/mol. The van der Waals surface area contributed by atoms with E-state index in [2.05, 4.69) is 22.5 Å². The van der Waals surface area contributed by atoms with Crippen LogP contribution in [0.5, 0.6) is 11.5 Å². The molecule has 0 fully saturated rings. The van der Waals surface area contributed by atoms with Crippen LogP contribution in [0, 0.1) is 11.3 Å². The first kappa shape index (κ1) is 15.5. The first-order valence-corrected chi connectivity index (χ1v) is 6.70. The van der Waals surface area contributed by atoms with Crippen LogP contribution in [0.15, 0.2) is 28.8 Å². The average Bonchev–Trinajstić information content (AvgIpc) is 2.40. The summed E-state index contributed by atoms with van der Waals surface area (Å²) in [7, 11) is 0. The molecule has 0 amide bonds. The highest BCUT2D eigenvalue weighted by molar-refractivity contribution is 9.10. The minimum atomic E-state index is -1.05. The molecule has 4 nitrogen and oxygen atoms in total. The second kappa shape index (κ2) is 7.17. The number of aliphatic hydroxyl groups is 1. The summed E-state index contributed by atoms with van der Waals surface area (Å²) in [6, 6.07) is 5.20. The van der Waals surface area contributed by atoms with Crippen molar-refractivity contribution in [3.05, 3.63) is 34.3 Å². The van der Waals surface area contributed by atoms with E-state index in [9.17, 15) is 5.11 Å². The summed E-state index contributed by atoms with van der Waals surface area (Å²) in [5.74, 6) is 1.11. The van der Waals surface area contributed by atoms with Gasteiger partial charge >= 0.3 is 0 Å². The molecule has 5 heteroatoms. The van der Waals surface area contributed by atoms with Crippen LogP contribution in [0.3, 0.4) is 0 Å². The fourth-order valence-corrected chi connectivity index (χ4v) is 2.13. The van der Waals surface area contributed by atoms with Crippen LogP contribution < -0.4 is 9.47 Å². The lowest BCUT2D eigenvalue weighted by Crippen LogP contribution is -2.04. The molecule has 1 atom stereocenters. The molecule has 0 saturated heterocycles. The van der Waals surface area contributed by atoms with Crippen molar-refractivity contribution in [1.29, 1.82) is 5.26 Å². The van der Waals surface area contributed by atoms with E-state index in [0.717, 1.165) is 0 Å². The van der Waals surface area contributed by atoms with Crippen LogP contribution in [0.1, 0.15) is 25.5 Å². The van der Waals surface area contributed by atoms with E-state index in [1.807, 2.05) is 19.9 Å². The summed E-state index contributed by atoms with van der Waals surface area (Å²) < 4.78 is 11.7. The predicted molar refractivity (Wildman–Crippen MR) is 76.2 cm³/mol. The Bertz CT molecular complexity index is 508. The van der Waals surface area contributed by atoms with Crippen molar-refractivity contribution in [2.75, 3.05) is 13.2 Å². The van der Waals surface area contributed by atoms with Crippen molar-refractivity contribution >= 4 is 15.9 Å². The lowest BCUT2D eigenvalue weighted by Gasteiger charge is -2.16. The zero-order valence-corrected chi connectivity index (χ0v) is 12.5. The molecular formula is C14H16BrNO3. The summed E-state index contributed by atoms with van der Waals surface area (Å²) in [5.41, 5.74) is 0.615. The average molecular weight is 326 g/mol. The van der Waals surface area contributed by atoms with Crippen molar-refractivity contribution in [2.45, 2.75) is 20.0 Å². The molecule has 102 valence electrons. The number of nitriles is 1. The van der Waals surface area contributed by atoms with Crippen molar-refractivity contribution in [1.82, 2.24) is 0 Å². The summed E-state index contributed by atoms with van der Waals surface area (Å²) in [5, 5.41) is 18.8. The van der Waals surface area contributed by atoms with Gasteiger partial charge in [0.25, 0.3) is 0 Å². The Morgan fingerprint density at radius 1 is 1.42 bits per heavy atom. The molecule has 0 spiro atoms. The Morgan fingerprint density at radius 3 is 2.58 bits per heavy atom. The Hall–Kier alpha value is -1.51. The fraction of sp³-hybridized carbons (Fsp3) is 0.357. The monoisotopic (exact) mass is 325 g/mol. The van der Waals surface area contributed by atoms with Gasteiger partial charge in [-0.05, 0) is 47.5 Å². The topological polar surface area (TPSA) is 62.5 Å². The molecule has 0 radical (unpaired) electrons. The summed E-state index contributed by atoms with van der Waals surface area (Å²) in [4.78, 5) is 0. The molecule has 1 unspecified atom stereocenters. The molecule has 0 aliphatic carbocycles. The Morgan fingerprint density at radius 2 is 2.05 bits per heavy atom. The smallest absolute Gasteiger partial charge is 0.175 e. The second-order valence-electron chi connectivity index (χ2n) is 3.74. The number of hydrogen-bond acceptors (Lipinski definition) is 4. The van der Waals surface area contributed by atoms with Gasteiger partial charge in [-0.3, -0.25) is 0 Å². The maximum atomic E-state index is 9.99. The number of benzene rings is 1. The lowest BCUT2D eigenvalue weighted by atomic mass is 10.0. The van der Waals surface area contributed by atoms with Gasteiger partial charge in [-0.1, -0.05) is 6.58 Å². The SMILES string of the molecule is C=C(C#N)C(O)c1cc(Br)c(OCC)c(OCC)c1. The molecule has 19 heavy (non-hydrogen) atoms. The molecule has 1 N–H and O–H groups in total. The third-order valence-corrected chi connectivity index (χ3v) is 3.00. The third kappa shape index (κ3) is 3.72. The highest BCUT2D eigenvalue weighted by Crippen LogP contribution is 2.39. The molecule has 0 aromatic heterocycles. The largest absolute Gasteiger partial charge is 0.490 e. The molecule has 0 aliphatic heterocycles. The Labute approximate surface area is 121 Å². The van der Waals surface area contributed by atoms with E-state index in [1.165, 1.54) is 0 Å². The summed E-state index contributed by atoms with van der Waals surface area (Å²) in [6.45, 7) is 8.24. The first-order valence-electron chi connectivity index (χ1n) is 5.91. The van der Waals surface area contributed by atoms with E-state index in [1.54, 1.807) is 12.1 Å². The van der Waals surface area contributed by atoms with Gasteiger partial charge in [-0.25, -0.2) is 0 Å². The molecule has 1 aromatic carbocycles. The standard InChI is InChI=1S/C14H16BrNO3/c1-4-18-12-7-10(13(17)9(3)8-16)6-11(15)14(12)19-5-2/h6-7,13,17H,3-5H2,1-2H3. The van der Waals surface area contributed by atoms with E-state index >= 15 is 0 Å². The second-order valence-corrected chi connectivity index (χ2v) is 4.59. The van der Waals surface area contributed by atoms with E-state index in [-0.39, 0.29) is 5.57 Å². The number of halogens is 1. The Balaban J connectivity index is 3.23. The molecule has 0 saturated carbocycles. The molecule has 0 bridgehead atoms. The number of rotatable bonds is 6. The van der Waals surface area contributed by atoms with Crippen molar-refractivity contribution in [3.8, 4) is 17.6 Å². The minimum absolute atomic E-state index is 0.0820. The zero-order chi connectivity index (χ0) is 14.4. The van der Waals surface area contributed by atoms with Gasteiger partial charge in [0.15, 0.2) is 11.5 Å². The van der Waals surface area contributed by atoms with Gasteiger partial charge < -0.3 is 14.6 Å². The van der Waals surface area contributed by atoms with Crippen LogP contribution in [-0.2, 0) is 0 Å². The third-order valence-electron chi connectivity index (χ3n) is 2.41. The molecule has 0 heterocycles.